The van der Waals surface area contributed by atoms with Crippen molar-refractivity contribution in [1.82, 2.24) is 0 Å². The fourth-order valence-electron chi connectivity index (χ4n) is 0.864. The quantitative estimate of drug-likeness (QED) is 0.190. The summed E-state index contributed by atoms with van der Waals surface area (Å²) >= 11 is 0. The summed E-state index contributed by atoms with van der Waals surface area (Å²) in [7, 11) is 0. The molecule has 0 saturated heterocycles. The highest BCUT2D eigenvalue weighted by atomic mass is 16.2. The molecule has 1 atom stereocenters. The van der Waals surface area contributed by atoms with Gasteiger partial charge in [-0.05, 0) is 12.8 Å². The van der Waals surface area contributed by atoms with Crippen molar-refractivity contribution in [2.75, 3.05) is 6.54 Å². The Hall–Kier alpha value is -1.39. The van der Waals surface area contributed by atoms with E-state index in [-0.39, 0.29) is 17.7 Å². The number of aldehydes is 1. The van der Waals surface area contributed by atoms with Crippen LogP contribution >= 0.6 is 0 Å². The number of nitrogens with zero attached hydrogens (tertiary/aromatic N) is 1. The van der Waals surface area contributed by atoms with Gasteiger partial charge in [-0.25, -0.2) is 0 Å². The Balaban J connectivity index is 3.59. The van der Waals surface area contributed by atoms with Gasteiger partial charge in [0.2, 0.25) is 0 Å². The normalized spacial score (nSPS) is 11.8. The lowest BCUT2D eigenvalue weighted by Gasteiger charge is -2.03. The number of ketones is 1. The van der Waals surface area contributed by atoms with Crippen molar-refractivity contribution in [3.63, 3.8) is 0 Å². The van der Waals surface area contributed by atoms with Crippen LogP contribution in [0.3, 0.4) is 0 Å². The molecule has 0 aromatic heterocycles. The number of aliphatic imine (C=N–C) groups is 1. The van der Waals surface area contributed by atoms with E-state index in [1.54, 1.807) is 6.92 Å². The molecular weight excluding hydrogens is 170 g/mol. The molecule has 0 rings (SSSR count). The molecule has 0 amide bonds. The Morgan fingerprint density at radius 3 is 2.62 bits per heavy atom. The Labute approximate surface area is 77.2 Å². The van der Waals surface area contributed by atoms with Crippen LogP contribution in [-0.4, -0.2) is 24.6 Å². The molecule has 0 aromatic carbocycles. The molecule has 0 aromatic rings. The summed E-state index contributed by atoms with van der Waals surface area (Å²) in [4.78, 5) is 24.6. The lowest BCUT2D eigenvalue weighted by Crippen LogP contribution is -2.23. The van der Waals surface area contributed by atoms with Gasteiger partial charge in [-0.15, -0.1) is 0 Å². The second kappa shape index (κ2) is 6.16. The van der Waals surface area contributed by atoms with Crippen LogP contribution in [-0.2, 0) is 9.59 Å². The van der Waals surface area contributed by atoms with Crippen LogP contribution in [0.25, 0.3) is 0 Å². The maximum atomic E-state index is 10.8. The Kier molecular flexibility index (Phi) is 5.50. The van der Waals surface area contributed by atoms with Gasteiger partial charge in [0.05, 0.1) is 0 Å². The highest BCUT2D eigenvalue weighted by Crippen LogP contribution is 2.05. The van der Waals surface area contributed by atoms with Crippen molar-refractivity contribution in [2.45, 2.75) is 19.8 Å². The minimum atomic E-state index is -0.371. The monoisotopic (exact) mass is 185 g/mol. The van der Waals surface area contributed by atoms with Gasteiger partial charge in [-0.2, -0.15) is 0 Å². The minimum absolute atomic E-state index is 0.0503. The molecule has 1 unspecified atom stereocenters. The number of hydrogen-bond acceptors (Lipinski definition) is 3. The largest absolute Gasteiger partial charge is 0.370 e. The number of rotatable bonds is 6. The predicted molar refractivity (Wildman–Crippen MR) is 50.1 cm³/mol. The summed E-state index contributed by atoms with van der Waals surface area (Å²) < 4.78 is 0. The van der Waals surface area contributed by atoms with E-state index in [0.29, 0.717) is 25.7 Å². The lowest BCUT2D eigenvalue weighted by molar-refractivity contribution is -0.132. The third kappa shape index (κ3) is 5.84. The number of guanidine groups is 1. The molecule has 0 fully saturated rings. The van der Waals surface area contributed by atoms with Crippen LogP contribution in [0.4, 0.5) is 0 Å². The van der Waals surface area contributed by atoms with Crippen LogP contribution < -0.4 is 11.5 Å². The Morgan fingerprint density at radius 2 is 2.15 bits per heavy atom. The first-order valence-corrected chi connectivity index (χ1v) is 4.12. The molecule has 74 valence electrons. The summed E-state index contributed by atoms with van der Waals surface area (Å²) in [5, 5.41) is 0. The molecule has 4 N–H and O–H groups in total. The van der Waals surface area contributed by atoms with Crippen molar-refractivity contribution >= 4 is 18.0 Å². The number of nitrogens with two attached hydrogens (primary N) is 2. The molecule has 0 aliphatic heterocycles. The molecule has 0 radical (unpaired) electrons. The van der Waals surface area contributed by atoms with Crippen molar-refractivity contribution < 1.29 is 9.59 Å². The van der Waals surface area contributed by atoms with Gasteiger partial charge < -0.3 is 11.5 Å². The summed E-state index contributed by atoms with van der Waals surface area (Å²) in [5.41, 5.74) is 10.2. The van der Waals surface area contributed by atoms with E-state index in [2.05, 4.69) is 4.99 Å². The highest BCUT2D eigenvalue weighted by molar-refractivity contribution is 6.25. The standard InChI is InChI=1S/C8H15N3O2/c1-6(7(13)5-12)3-2-4-11-8(9)10/h5-6H,2-4H2,1H3,(H4,9,10,11). The predicted octanol–water partition coefficient (Wildman–Crippen LogP) is -0.556. The first-order valence-electron chi connectivity index (χ1n) is 4.12. The molecule has 5 heteroatoms. The van der Waals surface area contributed by atoms with E-state index in [1.807, 2.05) is 0 Å². The second-order valence-corrected chi connectivity index (χ2v) is 2.87. The summed E-state index contributed by atoms with van der Waals surface area (Å²) in [6, 6.07) is 0. The average Bonchev–Trinajstić information content (AvgIpc) is 2.10. The molecule has 0 spiro atoms. The zero-order valence-corrected chi connectivity index (χ0v) is 7.69. The smallest absolute Gasteiger partial charge is 0.197 e. The van der Waals surface area contributed by atoms with Gasteiger partial charge in [-0.3, -0.25) is 14.6 Å². The van der Waals surface area contributed by atoms with Crippen molar-refractivity contribution in [3.8, 4) is 0 Å². The van der Waals surface area contributed by atoms with Gasteiger partial charge >= 0.3 is 0 Å². The highest BCUT2D eigenvalue weighted by Gasteiger charge is 2.10. The van der Waals surface area contributed by atoms with Gasteiger partial charge in [-0.1, -0.05) is 6.92 Å². The number of carbonyl (C=O) groups excluding carboxylic acids is 2. The maximum Gasteiger partial charge on any atom is 0.197 e. The minimum Gasteiger partial charge on any atom is -0.370 e. The van der Waals surface area contributed by atoms with Gasteiger partial charge in [0, 0.05) is 12.5 Å². The third-order valence-electron chi connectivity index (χ3n) is 1.69. The van der Waals surface area contributed by atoms with E-state index in [4.69, 9.17) is 11.5 Å². The molecule has 13 heavy (non-hydrogen) atoms. The second-order valence-electron chi connectivity index (χ2n) is 2.87. The third-order valence-corrected chi connectivity index (χ3v) is 1.69. The van der Waals surface area contributed by atoms with Crippen molar-refractivity contribution in [2.24, 2.45) is 22.4 Å². The summed E-state index contributed by atoms with van der Waals surface area (Å²) in [6.45, 7) is 2.21. The van der Waals surface area contributed by atoms with Crippen LogP contribution in [0, 0.1) is 5.92 Å². The molecule has 5 nitrogen and oxygen atoms in total. The molecule has 0 aliphatic carbocycles. The van der Waals surface area contributed by atoms with Crippen LogP contribution in [0.15, 0.2) is 4.99 Å². The summed E-state index contributed by atoms with van der Waals surface area (Å²) in [6.07, 6.45) is 1.69. The zero-order chi connectivity index (χ0) is 10.3. The first-order chi connectivity index (χ1) is 6.07. The molecule has 0 bridgehead atoms. The number of Topliss-reactive ketones (excluding diaryl/α,β-unsaturated/α-hetero) is 1. The molecule has 0 heterocycles. The van der Waals surface area contributed by atoms with E-state index >= 15 is 0 Å². The Bertz CT molecular complexity index is 209. The van der Waals surface area contributed by atoms with E-state index < -0.39 is 0 Å². The Morgan fingerprint density at radius 1 is 1.54 bits per heavy atom. The maximum absolute atomic E-state index is 10.8. The molecule has 0 saturated carbocycles. The fraction of sp³-hybridized carbons (Fsp3) is 0.625. The first kappa shape index (κ1) is 11.6. The lowest BCUT2D eigenvalue weighted by atomic mass is 10.0. The topological polar surface area (TPSA) is 98.5 Å². The van der Waals surface area contributed by atoms with E-state index in [9.17, 15) is 9.59 Å². The van der Waals surface area contributed by atoms with Gasteiger partial charge in [0.1, 0.15) is 0 Å². The van der Waals surface area contributed by atoms with E-state index in [0.717, 1.165) is 0 Å². The van der Waals surface area contributed by atoms with Gasteiger partial charge in [0.15, 0.2) is 18.0 Å². The number of carbonyl (C=O) groups is 2. The van der Waals surface area contributed by atoms with Crippen LogP contribution in [0.1, 0.15) is 19.8 Å². The van der Waals surface area contributed by atoms with Gasteiger partial charge in [0.25, 0.3) is 0 Å². The molecular formula is C8H15N3O2. The van der Waals surface area contributed by atoms with Crippen LogP contribution in [0.2, 0.25) is 0 Å². The van der Waals surface area contributed by atoms with Crippen LogP contribution in [0.5, 0.6) is 0 Å². The van der Waals surface area contributed by atoms with Crippen molar-refractivity contribution in [1.29, 1.82) is 0 Å². The number of hydrogen-bond donors (Lipinski definition) is 2. The van der Waals surface area contributed by atoms with E-state index in [1.165, 1.54) is 0 Å². The SMILES string of the molecule is CC(CCCN=C(N)N)C(=O)C=O. The molecule has 0 aliphatic rings. The average molecular weight is 185 g/mol. The fourth-order valence-corrected chi connectivity index (χ4v) is 0.864. The van der Waals surface area contributed by atoms with Crippen molar-refractivity contribution in [3.05, 3.63) is 0 Å². The summed E-state index contributed by atoms with van der Waals surface area (Å²) in [5.74, 6) is -0.550. The zero-order valence-electron chi connectivity index (χ0n) is 7.69.